The summed E-state index contributed by atoms with van der Waals surface area (Å²) in [5.41, 5.74) is 0.421. The van der Waals surface area contributed by atoms with Crippen LogP contribution in [0, 0.1) is 5.41 Å². The van der Waals surface area contributed by atoms with Crippen LogP contribution in [0.15, 0.2) is 12.7 Å². The van der Waals surface area contributed by atoms with Gasteiger partial charge in [0.15, 0.2) is 0 Å². The van der Waals surface area contributed by atoms with Crippen molar-refractivity contribution in [3.63, 3.8) is 0 Å². The van der Waals surface area contributed by atoms with Gasteiger partial charge >= 0.3 is 0 Å². The lowest BCUT2D eigenvalue weighted by Crippen LogP contribution is -2.30. The molecule has 2 saturated heterocycles. The second kappa shape index (κ2) is 1.16. The van der Waals surface area contributed by atoms with Gasteiger partial charge in [0.1, 0.15) is 0 Å². The van der Waals surface area contributed by atoms with Crippen molar-refractivity contribution in [2.45, 2.75) is 18.9 Å². The Hall–Kier alpha value is -0.300. The first-order valence-electron chi connectivity index (χ1n) is 3.10. The van der Waals surface area contributed by atoms with E-state index in [1.807, 2.05) is 0 Å². The second-order valence-electron chi connectivity index (χ2n) is 2.91. The maximum atomic E-state index is 5.35. The van der Waals surface area contributed by atoms with Crippen molar-refractivity contribution in [3.05, 3.63) is 12.7 Å². The van der Waals surface area contributed by atoms with Crippen molar-refractivity contribution in [1.82, 2.24) is 0 Å². The first-order valence-corrected chi connectivity index (χ1v) is 3.10. The van der Waals surface area contributed by atoms with E-state index in [9.17, 15) is 0 Å². The van der Waals surface area contributed by atoms with E-state index in [1.165, 1.54) is 12.8 Å². The molecule has 0 aromatic heterocycles. The molecule has 44 valence electrons. The normalized spacial score (nSPS) is 50.8. The molecule has 3 aliphatic rings. The van der Waals surface area contributed by atoms with Gasteiger partial charge in [0.05, 0.1) is 12.7 Å². The lowest BCUT2D eigenvalue weighted by atomic mass is 9.71. The minimum Gasteiger partial charge on any atom is -0.377 e. The van der Waals surface area contributed by atoms with Crippen molar-refractivity contribution < 1.29 is 4.74 Å². The van der Waals surface area contributed by atoms with Gasteiger partial charge < -0.3 is 4.74 Å². The maximum Gasteiger partial charge on any atom is 0.0593 e. The number of hydrogen-bond donors (Lipinski definition) is 0. The zero-order valence-corrected chi connectivity index (χ0v) is 4.89. The molecule has 3 rings (SSSR count). The van der Waals surface area contributed by atoms with Gasteiger partial charge in [-0.05, 0) is 12.8 Å². The van der Waals surface area contributed by atoms with Crippen molar-refractivity contribution in [1.29, 1.82) is 0 Å². The third kappa shape index (κ3) is 0.360. The van der Waals surface area contributed by atoms with Crippen LogP contribution in [0.5, 0.6) is 0 Å². The monoisotopic (exact) mass is 110 g/mol. The Kier molecular flexibility index (Phi) is 0.662. The minimum absolute atomic E-state index is 0.421. The summed E-state index contributed by atoms with van der Waals surface area (Å²) in [6, 6.07) is 0. The van der Waals surface area contributed by atoms with Gasteiger partial charge in [0.2, 0.25) is 0 Å². The molecule has 1 heteroatoms. The molecule has 3 fully saturated rings. The van der Waals surface area contributed by atoms with Crippen LogP contribution in [0.2, 0.25) is 0 Å². The zero-order chi connectivity index (χ0) is 5.61. The Labute approximate surface area is 49.3 Å². The largest absolute Gasteiger partial charge is 0.377 e. The Morgan fingerprint density at radius 3 is 2.62 bits per heavy atom. The highest BCUT2D eigenvalue weighted by Gasteiger charge is 2.49. The molecular formula is C7H10O. The fourth-order valence-electron chi connectivity index (χ4n) is 1.59. The molecule has 8 heavy (non-hydrogen) atoms. The molecule has 0 spiro atoms. The summed E-state index contributed by atoms with van der Waals surface area (Å²) in [5, 5.41) is 0. The molecule has 0 N–H and O–H groups in total. The fourth-order valence-corrected chi connectivity index (χ4v) is 1.59. The van der Waals surface area contributed by atoms with Gasteiger partial charge in [0, 0.05) is 5.41 Å². The molecule has 1 aliphatic carbocycles. The molecule has 0 radical (unpaired) electrons. The third-order valence-corrected chi connectivity index (χ3v) is 2.31. The van der Waals surface area contributed by atoms with E-state index >= 15 is 0 Å². The topological polar surface area (TPSA) is 9.23 Å². The molecule has 1 saturated carbocycles. The molecule has 1 nitrogen and oxygen atoms in total. The summed E-state index contributed by atoms with van der Waals surface area (Å²) in [5.74, 6) is 0. The van der Waals surface area contributed by atoms with E-state index < -0.39 is 0 Å². The first-order chi connectivity index (χ1) is 3.85. The molecule has 0 aromatic rings. The van der Waals surface area contributed by atoms with E-state index in [2.05, 4.69) is 12.7 Å². The highest BCUT2D eigenvalue weighted by molar-refractivity contribution is 5.09. The molecule has 0 amide bonds. The van der Waals surface area contributed by atoms with Gasteiger partial charge in [-0.1, -0.05) is 6.08 Å². The lowest BCUT2D eigenvalue weighted by Gasteiger charge is -2.31. The molecule has 2 heterocycles. The highest BCUT2D eigenvalue weighted by Crippen LogP contribution is 2.50. The van der Waals surface area contributed by atoms with Crippen LogP contribution >= 0.6 is 0 Å². The summed E-state index contributed by atoms with van der Waals surface area (Å²) in [7, 11) is 0. The van der Waals surface area contributed by atoms with E-state index in [0.29, 0.717) is 11.5 Å². The van der Waals surface area contributed by atoms with Crippen LogP contribution in [-0.4, -0.2) is 12.7 Å². The molecule has 2 bridgehead atoms. The summed E-state index contributed by atoms with van der Waals surface area (Å²) < 4.78 is 5.35. The zero-order valence-electron chi connectivity index (χ0n) is 4.89. The first kappa shape index (κ1) is 4.57. The van der Waals surface area contributed by atoms with Crippen LogP contribution in [-0.2, 0) is 4.74 Å². The van der Waals surface area contributed by atoms with E-state index in [4.69, 9.17) is 4.74 Å². The summed E-state index contributed by atoms with van der Waals surface area (Å²) in [4.78, 5) is 0. The van der Waals surface area contributed by atoms with Crippen LogP contribution in [0.1, 0.15) is 12.8 Å². The number of ether oxygens (including phenoxy) is 1. The average Bonchev–Trinajstić information content (AvgIpc) is 2.17. The molecule has 0 atom stereocenters. The SMILES string of the molecule is C=CC12COC(C1)C2. The standard InChI is InChI=1S/C7H10O/c1-2-7-3-6(4-7)8-5-7/h2,6H,1,3-5H2. The van der Waals surface area contributed by atoms with E-state index in [1.54, 1.807) is 0 Å². The second-order valence-corrected chi connectivity index (χ2v) is 2.91. The lowest BCUT2D eigenvalue weighted by molar-refractivity contribution is 0.120. The Balaban J connectivity index is 2.19. The molecular weight excluding hydrogens is 100 g/mol. The minimum atomic E-state index is 0.421. The highest BCUT2D eigenvalue weighted by atomic mass is 16.5. The Bertz CT molecular complexity index is 117. The van der Waals surface area contributed by atoms with Crippen LogP contribution < -0.4 is 0 Å². The molecule has 0 aromatic carbocycles. The third-order valence-electron chi connectivity index (χ3n) is 2.31. The van der Waals surface area contributed by atoms with Gasteiger partial charge in [-0.25, -0.2) is 0 Å². The van der Waals surface area contributed by atoms with Crippen LogP contribution in [0.25, 0.3) is 0 Å². The number of hydrogen-bond acceptors (Lipinski definition) is 1. The fraction of sp³-hybridized carbons (Fsp3) is 0.714. The maximum absolute atomic E-state index is 5.35. The van der Waals surface area contributed by atoms with E-state index in [0.717, 1.165) is 6.61 Å². The smallest absolute Gasteiger partial charge is 0.0593 e. The predicted octanol–water partition coefficient (Wildman–Crippen LogP) is 1.35. The summed E-state index contributed by atoms with van der Waals surface area (Å²) in [6.45, 7) is 4.70. The van der Waals surface area contributed by atoms with Gasteiger partial charge in [-0.3, -0.25) is 0 Å². The molecule has 0 unspecified atom stereocenters. The Morgan fingerprint density at radius 2 is 2.38 bits per heavy atom. The van der Waals surface area contributed by atoms with Crippen molar-refractivity contribution in [2.75, 3.05) is 6.61 Å². The van der Waals surface area contributed by atoms with Crippen molar-refractivity contribution in [3.8, 4) is 0 Å². The average molecular weight is 110 g/mol. The molecule has 2 aliphatic heterocycles. The number of rotatable bonds is 1. The van der Waals surface area contributed by atoms with Gasteiger partial charge in [-0.15, -0.1) is 6.58 Å². The summed E-state index contributed by atoms with van der Waals surface area (Å²) in [6.07, 6.45) is 5.11. The summed E-state index contributed by atoms with van der Waals surface area (Å²) >= 11 is 0. The van der Waals surface area contributed by atoms with E-state index in [-0.39, 0.29) is 0 Å². The number of fused-ring (bicyclic) bond motifs is 1. The Morgan fingerprint density at radius 1 is 1.62 bits per heavy atom. The van der Waals surface area contributed by atoms with Crippen LogP contribution in [0.4, 0.5) is 0 Å². The van der Waals surface area contributed by atoms with Crippen molar-refractivity contribution in [2.24, 2.45) is 5.41 Å². The van der Waals surface area contributed by atoms with Crippen LogP contribution in [0.3, 0.4) is 0 Å². The van der Waals surface area contributed by atoms with Crippen molar-refractivity contribution >= 4 is 0 Å². The predicted molar refractivity (Wildman–Crippen MR) is 31.6 cm³/mol. The quantitative estimate of drug-likeness (QED) is 0.463. The van der Waals surface area contributed by atoms with Gasteiger partial charge in [-0.2, -0.15) is 0 Å². The van der Waals surface area contributed by atoms with Gasteiger partial charge in [0.25, 0.3) is 0 Å².